The summed E-state index contributed by atoms with van der Waals surface area (Å²) in [5, 5.41) is 0. The van der Waals surface area contributed by atoms with Gasteiger partial charge in [0, 0.05) is 13.0 Å². The summed E-state index contributed by atoms with van der Waals surface area (Å²) in [4.78, 5) is 14.9. The molecule has 0 aromatic heterocycles. The maximum Gasteiger partial charge on any atom is 0.226 e. The van der Waals surface area contributed by atoms with Crippen LogP contribution in [0.5, 0.6) is 0 Å². The minimum atomic E-state index is -0.323. The minimum absolute atomic E-state index is 0.0218. The Hall–Kier alpha value is -3.01. The molecule has 3 aromatic carbocycles. The Kier molecular flexibility index (Phi) is 4.95. The average Bonchev–Trinajstić information content (AvgIpc) is 3.51. The topological polar surface area (TPSA) is 20.3 Å². The lowest BCUT2D eigenvalue weighted by atomic mass is 9.96. The van der Waals surface area contributed by atoms with Crippen molar-refractivity contribution in [1.82, 2.24) is 4.90 Å². The number of rotatable bonds is 5. The Morgan fingerprint density at radius 1 is 0.893 bits per heavy atom. The van der Waals surface area contributed by atoms with Crippen molar-refractivity contribution >= 4 is 5.91 Å². The second-order valence-electron chi connectivity index (χ2n) is 7.28. The van der Waals surface area contributed by atoms with Crippen molar-refractivity contribution in [3.8, 4) is 0 Å². The van der Waals surface area contributed by atoms with E-state index in [1.54, 1.807) is 42.3 Å². The van der Waals surface area contributed by atoms with Crippen molar-refractivity contribution in [2.45, 2.75) is 18.4 Å². The first-order valence-electron chi connectivity index (χ1n) is 9.38. The van der Waals surface area contributed by atoms with Gasteiger partial charge >= 0.3 is 0 Å². The van der Waals surface area contributed by atoms with Crippen LogP contribution >= 0.6 is 0 Å². The first kappa shape index (κ1) is 18.4. The predicted octanol–water partition coefficient (Wildman–Crippen LogP) is 5.32. The van der Waals surface area contributed by atoms with Crippen LogP contribution in [-0.4, -0.2) is 17.9 Å². The SMILES string of the molecule is CN(C(=O)[C@@H]1C[C@@H]1c1ccccc1F)[C@H](c1ccccc1)c1ccc(F)cc1. The van der Waals surface area contributed by atoms with Gasteiger partial charge in [-0.05, 0) is 47.2 Å². The number of halogens is 2. The number of amides is 1. The third-order valence-corrected chi connectivity index (χ3v) is 5.45. The van der Waals surface area contributed by atoms with Gasteiger partial charge in [-0.3, -0.25) is 4.79 Å². The van der Waals surface area contributed by atoms with Crippen molar-refractivity contribution in [3.05, 3.63) is 107 Å². The van der Waals surface area contributed by atoms with Crippen molar-refractivity contribution in [3.63, 3.8) is 0 Å². The first-order chi connectivity index (χ1) is 13.6. The quantitative estimate of drug-likeness (QED) is 0.590. The Morgan fingerprint density at radius 3 is 2.18 bits per heavy atom. The molecule has 1 saturated carbocycles. The highest BCUT2D eigenvalue weighted by Gasteiger charge is 2.47. The number of nitrogens with zero attached hydrogens (tertiary/aromatic N) is 1. The van der Waals surface area contributed by atoms with Gasteiger partial charge in [0.05, 0.1) is 6.04 Å². The van der Waals surface area contributed by atoms with Crippen LogP contribution in [0.25, 0.3) is 0 Å². The highest BCUT2D eigenvalue weighted by atomic mass is 19.1. The summed E-state index contributed by atoms with van der Waals surface area (Å²) >= 11 is 0. The fourth-order valence-corrected chi connectivity index (χ4v) is 3.90. The zero-order chi connectivity index (χ0) is 19.7. The molecule has 1 amide bonds. The Bertz CT molecular complexity index is 971. The molecule has 0 unspecified atom stereocenters. The summed E-state index contributed by atoms with van der Waals surface area (Å²) in [6, 6.07) is 22.2. The highest BCUT2D eigenvalue weighted by Crippen LogP contribution is 2.50. The molecule has 142 valence electrons. The molecule has 3 aromatic rings. The fraction of sp³-hybridized carbons (Fsp3) is 0.208. The van der Waals surface area contributed by atoms with E-state index in [0.717, 1.165) is 11.1 Å². The van der Waals surface area contributed by atoms with Gasteiger partial charge in [0.25, 0.3) is 0 Å². The second-order valence-corrected chi connectivity index (χ2v) is 7.28. The largest absolute Gasteiger partial charge is 0.334 e. The van der Waals surface area contributed by atoms with Crippen molar-refractivity contribution < 1.29 is 13.6 Å². The number of hydrogen-bond donors (Lipinski definition) is 0. The lowest BCUT2D eigenvalue weighted by molar-refractivity contribution is -0.132. The average molecular weight is 377 g/mol. The molecule has 2 nitrogen and oxygen atoms in total. The molecule has 0 spiro atoms. The fourth-order valence-electron chi connectivity index (χ4n) is 3.90. The molecule has 0 heterocycles. The van der Waals surface area contributed by atoms with Crippen molar-refractivity contribution in [1.29, 1.82) is 0 Å². The van der Waals surface area contributed by atoms with Crippen LogP contribution < -0.4 is 0 Å². The van der Waals surface area contributed by atoms with Crippen LogP contribution in [0.4, 0.5) is 8.78 Å². The molecule has 28 heavy (non-hydrogen) atoms. The highest BCUT2D eigenvalue weighted by molar-refractivity contribution is 5.83. The van der Waals surface area contributed by atoms with Gasteiger partial charge in [-0.1, -0.05) is 60.7 Å². The monoisotopic (exact) mass is 377 g/mol. The number of carbonyl (C=O) groups is 1. The van der Waals surface area contributed by atoms with Crippen molar-refractivity contribution in [2.24, 2.45) is 5.92 Å². The molecule has 0 aliphatic heterocycles. The van der Waals surface area contributed by atoms with Crippen LogP contribution in [-0.2, 0) is 4.79 Å². The number of hydrogen-bond acceptors (Lipinski definition) is 1. The Balaban J connectivity index is 1.61. The zero-order valence-electron chi connectivity index (χ0n) is 15.6. The molecule has 0 N–H and O–H groups in total. The molecule has 0 saturated heterocycles. The van der Waals surface area contributed by atoms with E-state index < -0.39 is 0 Å². The van der Waals surface area contributed by atoms with Crippen molar-refractivity contribution in [2.75, 3.05) is 7.05 Å². The summed E-state index contributed by atoms with van der Waals surface area (Å²) < 4.78 is 27.5. The summed E-state index contributed by atoms with van der Waals surface area (Å²) in [7, 11) is 1.76. The molecule has 0 bridgehead atoms. The summed E-state index contributed by atoms with van der Waals surface area (Å²) in [6.45, 7) is 0. The Labute approximate surface area is 163 Å². The summed E-state index contributed by atoms with van der Waals surface area (Å²) in [5.41, 5.74) is 2.40. The van der Waals surface area contributed by atoms with Gasteiger partial charge in [0.2, 0.25) is 5.91 Å². The molecule has 1 aliphatic rings. The van der Waals surface area contributed by atoms with Crippen LogP contribution in [0.15, 0.2) is 78.9 Å². The van der Waals surface area contributed by atoms with Crippen LogP contribution in [0, 0.1) is 17.6 Å². The third-order valence-electron chi connectivity index (χ3n) is 5.45. The normalized spacial score (nSPS) is 19.1. The van der Waals surface area contributed by atoms with E-state index >= 15 is 0 Å². The molecule has 4 heteroatoms. The van der Waals surface area contributed by atoms with Gasteiger partial charge in [0.15, 0.2) is 0 Å². The summed E-state index contributed by atoms with van der Waals surface area (Å²) in [5.74, 6) is -0.907. The molecular weight excluding hydrogens is 356 g/mol. The second kappa shape index (κ2) is 7.55. The molecule has 0 radical (unpaired) electrons. The predicted molar refractivity (Wildman–Crippen MR) is 105 cm³/mol. The van der Waals surface area contributed by atoms with Gasteiger partial charge in [-0.15, -0.1) is 0 Å². The zero-order valence-corrected chi connectivity index (χ0v) is 15.6. The smallest absolute Gasteiger partial charge is 0.226 e. The summed E-state index contributed by atoms with van der Waals surface area (Å²) in [6.07, 6.45) is 0.648. The Morgan fingerprint density at radius 2 is 1.50 bits per heavy atom. The maximum atomic E-state index is 14.1. The van der Waals surface area contributed by atoms with E-state index in [0.29, 0.717) is 12.0 Å². The number of carbonyl (C=O) groups excluding carboxylic acids is 1. The van der Waals surface area contributed by atoms with Gasteiger partial charge in [-0.25, -0.2) is 8.78 Å². The van der Waals surface area contributed by atoms with Crippen LogP contribution in [0.1, 0.15) is 35.1 Å². The molecule has 1 fully saturated rings. The van der Waals surface area contributed by atoms with E-state index in [1.165, 1.54) is 18.2 Å². The van der Waals surface area contributed by atoms with Gasteiger partial charge in [-0.2, -0.15) is 0 Å². The van der Waals surface area contributed by atoms with E-state index in [1.807, 2.05) is 30.3 Å². The number of benzene rings is 3. The molecular formula is C24H21F2NO. The van der Waals surface area contributed by atoms with Gasteiger partial charge in [0.1, 0.15) is 11.6 Å². The molecule has 4 rings (SSSR count). The third kappa shape index (κ3) is 3.55. The first-order valence-corrected chi connectivity index (χ1v) is 9.38. The van der Waals surface area contributed by atoms with Gasteiger partial charge < -0.3 is 4.90 Å². The molecule has 3 atom stereocenters. The van der Waals surface area contributed by atoms with E-state index in [4.69, 9.17) is 0 Å². The minimum Gasteiger partial charge on any atom is -0.334 e. The lowest BCUT2D eigenvalue weighted by Gasteiger charge is -2.29. The van der Waals surface area contributed by atoms with E-state index in [-0.39, 0.29) is 35.4 Å². The molecule has 1 aliphatic carbocycles. The lowest BCUT2D eigenvalue weighted by Crippen LogP contribution is -2.33. The van der Waals surface area contributed by atoms with E-state index in [9.17, 15) is 13.6 Å². The van der Waals surface area contributed by atoms with Crippen LogP contribution in [0.2, 0.25) is 0 Å². The standard InChI is InChI=1S/C24H21F2NO/c1-27(24(28)21-15-20(21)19-9-5-6-10-22(19)26)23(16-7-3-2-4-8-16)17-11-13-18(25)14-12-17/h2-14,20-21,23H,15H2,1H3/t20-,21-,23-/m1/s1. The maximum absolute atomic E-state index is 14.1. The van der Waals surface area contributed by atoms with E-state index in [2.05, 4.69) is 0 Å². The van der Waals surface area contributed by atoms with Crippen LogP contribution in [0.3, 0.4) is 0 Å².